The fourth-order valence-corrected chi connectivity index (χ4v) is 4.01. The standard InChI is InChI=1S/C22H25Cl2N3O2/c1-14-5-3-6-17(13-14)26-22(29)27-11-9-16(10-12-27)21(28)25-15(2)18-7-4-8-19(23)20(18)24/h3-8,13,15-16H,9-12H2,1-2H3,(H,25,28)(H,26,29). The molecule has 1 aliphatic rings. The Bertz CT molecular complexity index is 895. The second-order valence-electron chi connectivity index (χ2n) is 7.43. The van der Waals surface area contributed by atoms with Gasteiger partial charge in [0, 0.05) is 24.7 Å². The summed E-state index contributed by atoms with van der Waals surface area (Å²) < 4.78 is 0. The van der Waals surface area contributed by atoms with Crippen LogP contribution >= 0.6 is 23.2 Å². The third kappa shape index (κ3) is 5.43. The number of amides is 3. The van der Waals surface area contributed by atoms with E-state index in [1.54, 1.807) is 11.0 Å². The molecule has 1 heterocycles. The molecule has 7 heteroatoms. The topological polar surface area (TPSA) is 61.4 Å². The van der Waals surface area contributed by atoms with Gasteiger partial charge in [-0.2, -0.15) is 0 Å². The Morgan fingerprint density at radius 2 is 1.79 bits per heavy atom. The highest BCUT2D eigenvalue weighted by molar-refractivity contribution is 6.42. The molecule has 1 saturated heterocycles. The Morgan fingerprint density at radius 3 is 2.48 bits per heavy atom. The Kier molecular flexibility index (Phi) is 7.04. The smallest absolute Gasteiger partial charge is 0.321 e. The molecule has 29 heavy (non-hydrogen) atoms. The largest absolute Gasteiger partial charge is 0.349 e. The number of likely N-dealkylation sites (tertiary alicyclic amines) is 1. The fraction of sp³-hybridized carbons (Fsp3) is 0.364. The highest BCUT2D eigenvalue weighted by atomic mass is 35.5. The second kappa shape index (κ2) is 9.51. The van der Waals surface area contributed by atoms with Crippen LogP contribution in [0.5, 0.6) is 0 Å². The average molecular weight is 434 g/mol. The first-order valence-electron chi connectivity index (χ1n) is 9.72. The second-order valence-corrected chi connectivity index (χ2v) is 8.22. The minimum Gasteiger partial charge on any atom is -0.349 e. The number of nitrogens with one attached hydrogen (secondary N) is 2. The molecule has 5 nitrogen and oxygen atoms in total. The quantitative estimate of drug-likeness (QED) is 0.675. The molecule has 0 radical (unpaired) electrons. The van der Waals surface area contributed by atoms with E-state index in [4.69, 9.17) is 23.2 Å². The summed E-state index contributed by atoms with van der Waals surface area (Å²) in [4.78, 5) is 26.9. The summed E-state index contributed by atoms with van der Waals surface area (Å²) >= 11 is 12.3. The first kappa shape index (κ1) is 21.5. The molecular formula is C22H25Cl2N3O2. The summed E-state index contributed by atoms with van der Waals surface area (Å²) in [7, 11) is 0. The summed E-state index contributed by atoms with van der Waals surface area (Å²) in [5, 5.41) is 6.88. The van der Waals surface area contributed by atoms with Crippen molar-refractivity contribution < 1.29 is 9.59 Å². The minimum absolute atomic E-state index is 0.0210. The molecule has 1 atom stereocenters. The van der Waals surface area contributed by atoms with Gasteiger partial charge in [-0.25, -0.2) is 4.79 Å². The zero-order valence-electron chi connectivity index (χ0n) is 16.5. The SMILES string of the molecule is Cc1cccc(NC(=O)N2CCC(C(=O)NC(C)c3cccc(Cl)c3Cl)CC2)c1. The van der Waals surface area contributed by atoms with Crippen molar-refractivity contribution in [3.05, 3.63) is 63.6 Å². The zero-order valence-corrected chi connectivity index (χ0v) is 18.1. The molecule has 2 aromatic carbocycles. The van der Waals surface area contributed by atoms with Gasteiger partial charge in [-0.15, -0.1) is 0 Å². The lowest BCUT2D eigenvalue weighted by Crippen LogP contribution is -2.45. The lowest BCUT2D eigenvalue weighted by Gasteiger charge is -2.32. The predicted molar refractivity (Wildman–Crippen MR) is 118 cm³/mol. The van der Waals surface area contributed by atoms with E-state index in [-0.39, 0.29) is 23.9 Å². The molecule has 1 aliphatic heterocycles. The highest BCUT2D eigenvalue weighted by Gasteiger charge is 2.28. The molecule has 0 aliphatic carbocycles. The molecule has 0 aromatic heterocycles. The average Bonchev–Trinajstić information content (AvgIpc) is 2.70. The Balaban J connectivity index is 1.51. The minimum atomic E-state index is -0.239. The molecule has 0 spiro atoms. The molecular weight excluding hydrogens is 409 g/mol. The number of hydrogen-bond donors (Lipinski definition) is 2. The van der Waals surface area contributed by atoms with Crippen molar-refractivity contribution in [1.82, 2.24) is 10.2 Å². The van der Waals surface area contributed by atoms with Crippen molar-refractivity contribution in [2.75, 3.05) is 18.4 Å². The summed E-state index contributed by atoms with van der Waals surface area (Å²) in [5.74, 6) is -0.147. The maximum atomic E-state index is 12.7. The van der Waals surface area contributed by atoms with Gasteiger partial charge in [0.15, 0.2) is 0 Å². The molecule has 2 N–H and O–H groups in total. The van der Waals surface area contributed by atoms with E-state index in [9.17, 15) is 9.59 Å². The van der Waals surface area contributed by atoms with E-state index in [0.717, 1.165) is 16.8 Å². The van der Waals surface area contributed by atoms with Crippen LogP contribution in [-0.2, 0) is 4.79 Å². The van der Waals surface area contributed by atoms with Crippen LogP contribution in [-0.4, -0.2) is 29.9 Å². The Labute approximate surface area is 181 Å². The summed E-state index contributed by atoms with van der Waals surface area (Å²) in [5.41, 5.74) is 2.66. The number of piperidine rings is 1. The lowest BCUT2D eigenvalue weighted by molar-refractivity contribution is -0.126. The van der Waals surface area contributed by atoms with Crippen molar-refractivity contribution in [3.63, 3.8) is 0 Å². The highest BCUT2D eigenvalue weighted by Crippen LogP contribution is 2.30. The van der Waals surface area contributed by atoms with Crippen molar-refractivity contribution in [2.45, 2.75) is 32.7 Å². The molecule has 1 unspecified atom stereocenters. The monoisotopic (exact) mass is 433 g/mol. The molecule has 0 bridgehead atoms. The number of benzene rings is 2. The molecule has 2 aromatic rings. The van der Waals surface area contributed by atoms with Gasteiger partial charge in [0.2, 0.25) is 5.91 Å². The van der Waals surface area contributed by atoms with Gasteiger partial charge in [0.05, 0.1) is 16.1 Å². The van der Waals surface area contributed by atoms with E-state index < -0.39 is 0 Å². The van der Waals surface area contributed by atoms with Crippen LogP contribution in [0.4, 0.5) is 10.5 Å². The van der Waals surface area contributed by atoms with Crippen molar-refractivity contribution in [2.24, 2.45) is 5.92 Å². The van der Waals surface area contributed by atoms with E-state index in [1.807, 2.05) is 50.2 Å². The molecule has 3 rings (SSSR count). The van der Waals surface area contributed by atoms with Gasteiger partial charge >= 0.3 is 6.03 Å². The number of nitrogens with zero attached hydrogens (tertiary/aromatic N) is 1. The van der Waals surface area contributed by atoms with Crippen LogP contribution in [0.3, 0.4) is 0 Å². The number of carbonyl (C=O) groups excluding carboxylic acids is 2. The predicted octanol–water partition coefficient (Wildman–Crippen LogP) is 5.42. The van der Waals surface area contributed by atoms with Gasteiger partial charge in [-0.05, 0) is 56.0 Å². The van der Waals surface area contributed by atoms with Crippen LogP contribution in [0.15, 0.2) is 42.5 Å². The van der Waals surface area contributed by atoms with Gasteiger partial charge in [0.25, 0.3) is 0 Å². The number of hydrogen-bond acceptors (Lipinski definition) is 2. The van der Waals surface area contributed by atoms with E-state index in [2.05, 4.69) is 10.6 Å². The van der Waals surface area contributed by atoms with E-state index in [0.29, 0.717) is 36.0 Å². The van der Waals surface area contributed by atoms with Crippen molar-refractivity contribution in [3.8, 4) is 0 Å². The summed E-state index contributed by atoms with van der Waals surface area (Å²) in [6.07, 6.45) is 1.26. The number of carbonyl (C=O) groups is 2. The summed E-state index contributed by atoms with van der Waals surface area (Å²) in [6.45, 7) is 4.96. The molecule has 1 fully saturated rings. The van der Waals surface area contributed by atoms with Crippen LogP contribution in [0.2, 0.25) is 10.0 Å². The molecule has 0 saturated carbocycles. The van der Waals surface area contributed by atoms with E-state index in [1.165, 1.54) is 0 Å². The first-order chi connectivity index (χ1) is 13.8. The zero-order chi connectivity index (χ0) is 21.0. The normalized spacial score (nSPS) is 15.7. The first-order valence-corrected chi connectivity index (χ1v) is 10.5. The van der Waals surface area contributed by atoms with Crippen LogP contribution in [0.1, 0.15) is 36.9 Å². The Hall–Kier alpha value is -2.24. The van der Waals surface area contributed by atoms with Gasteiger partial charge in [0.1, 0.15) is 0 Å². The number of anilines is 1. The van der Waals surface area contributed by atoms with Crippen LogP contribution in [0.25, 0.3) is 0 Å². The maximum Gasteiger partial charge on any atom is 0.321 e. The fourth-order valence-electron chi connectivity index (χ4n) is 3.53. The van der Waals surface area contributed by atoms with Gasteiger partial charge in [-0.1, -0.05) is 47.5 Å². The van der Waals surface area contributed by atoms with Crippen molar-refractivity contribution >= 4 is 40.8 Å². The number of rotatable bonds is 4. The van der Waals surface area contributed by atoms with Crippen molar-refractivity contribution in [1.29, 1.82) is 0 Å². The number of halogens is 2. The van der Waals surface area contributed by atoms with Gasteiger partial charge in [-0.3, -0.25) is 4.79 Å². The van der Waals surface area contributed by atoms with Crippen LogP contribution < -0.4 is 10.6 Å². The Morgan fingerprint density at radius 1 is 1.10 bits per heavy atom. The van der Waals surface area contributed by atoms with Gasteiger partial charge < -0.3 is 15.5 Å². The van der Waals surface area contributed by atoms with E-state index >= 15 is 0 Å². The maximum absolute atomic E-state index is 12.7. The van der Waals surface area contributed by atoms with Crippen LogP contribution in [0, 0.1) is 12.8 Å². The number of aryl methyl sites for hydroxylation is 1. The lowest BCUT2D eigenvalue weighted by atomic mass is 9.95. The number of urea groups is 1. The molecule has 3 amide bonds. The summed E-state index contributed by atoms with van der Waals surface area (Å²) in [6, 6.07) is 12.7. The molecule has 154 valence electrons. The third-order valence-corrected chi connectivity index (χ3v) is 6.06. The third-order valence-electron chi connectivity index (χ3n) is 5.23.